The molecule has 1 aliphatic carbocycles. The maximum absolute atomic E-state index is 13.1. The Morgan fingerprint density at radius 2 is 1.67 bits per heavy atom. The van der Waals surface area contributed by atoms with E-state index >= 15 is 0 Å². The molecule has 2 aromatic carbocycles. The lowest BCUT2D eigenvalue weighted by molar-refractivity contribution is 0.0628. The van der Waals surface area contributed by atoms with Crippen LogP contribution in [-0.4, -0.2) is 34.8 Å². The van der Waals surface area contributed by atoms with Crippen molar-refractivity contribution in [2.75, 3.05) is 13.1 Å². The van der Waals surface area contributed by atoms with Crippen LogP contribution >= 0.6 is 0 Å². The van der Waals surface area contributed by atoms with Crippen molar-refractivity contribution in [3.63, 3.8) is 0 Å². The van der Waals surface area contributed by atoms with Crippen LogP contribution in [0.4, 0.5) is 0 Å². The molecule has 5 heteroatoms. The number of rotatable bonds is 5. The molecular formula is C25H24N2O3. The summed E-state index contributed by atoms with van der Waals surface area (Å²) in [6, 6.07) is 19.6. The molecule has 1 aromatic heterocycles. The number of likely N-dealkylation sites (tertiary alicyclic amines) is 1. The number of ketones is 1. The van der Waals surface area contributed by atoms with E-state index in [1.165, 1.54) is 0 Å². The number of benzene rings is 2. The van der Waals surface area contributed by atoms with Crippen molar-refractivity contribution < 1.29 is 14.1 Å². The third kappa shape index (κ3) is 3.80. The highest BCUT2D eigenvalue weighted by atomic mass is 16.5. The highest BCUT2D eigenvalue weighted by Crippen LogP contribution is 2.40. The third-order valence-corrected chi connectivity index (χ3v) is 6.08. The quantitative estimate of drug-likeness (QED) is 0.568. The number of piperidine rings is 1. The van der Waals surface area contributed by atoms with Crippen LogP contribution in [0.5, 0.6) is 0 Å². The highest BCUT2D eigenvalue weighted by Gasteiger charge is 2.33. The number of carbonyl (C=O) groups is 2. The molecule has 0 bridgehead atoms. The van der Waals surface area contributed by atoms with Crippen LogP contribution in [0.25, 0.3) is 11.1 Å². The van der Waals surface area contributed by atoms with Crippen molar-refractivity contribution in [3.8, 4) is 11.1 Å². The van der Waals surface area contributed by atoms with Gasteiger partial charge in [0.2, 0.25) is 0 Å². The summed E-state index contributed by atoms with van der Waals surface area (Å²) in [5.41, 5.74) is 3.28. The number of amides is 1. The van der Waals surface area contributed by atoms with Crippen molar-refractivity contribution >= 4 is 11.7 Å². The third-order valence-electron chi connectivity index (χ3n) is 6.08. The van der Waals surface area contributed by atoms with Gasteiger partial charge >= 0.3 is 0 Å². The molecule has 2 heterocycles. The molecule has 1 amide bonds. The van der Waals surface area contributed by atoms with E-state index in [4.69, 9.17) is 4.52 Å². The average Bonchev–Trinajstić information content (AvgIpc) is 3.55. The molecule has 2 aliphatic rings. The van der Waals surface area contributed by atoms with Gasteiger partial charge in [-0.1, -0.05) is 59.8 Å². The summed E-state index contributed by atoms with van der Waals surface area (Å²) >= 11 is 0. The molecule has 0 N–H and O–H groups in total. The Morgan fingerprint density at radius 1 is 0.933 bits per heavy atom. The van der Waals surface area contributed by atoms with E-state index in [0.29, 0.717) is 30.3 Å². The molecule has 2 fully saturated rings. The second-order valence-corrected chi connectivity index (χ2v) is 8.29. The Balaban J connectivity index is 1.27. The molecule has 5 nitrogen and oxygen atoms in total. The Bertz CT molecular complexity index is 1050. The van der Waals surface area contributed by atoms with Crippen molar-refractivity contribution in [2.45, 2.75) is 31.6 Å². The second-order valence-electron chi connectivity index (χ2n) is 8.29. The lowest BCUT2D eigenvalue weighted by Crippen LogP contribution is -2.42. The number of nitrogens with zero attached hydrogens (tertiary/aromatic N) is 2. The number of hydrogen-bond acceptors (Lipinski definition) is 4. The average molecular weight is 400 g/mol. The lowest BCUT2D eigenvalue weighted by Gasteiger charge is -2.31. The van der Waals surface area contributed by atoms with Gasteiger partial charge in [0, 0.05) is 36.6 Å². The maximum atomic E-state index is 13.1. The Morgan fingerprint density at radius 3 is 2.40 bits per heavy atom. The lowest BCUT2D eigenvalue weighted by atomic mass is 9.89. The van der Waals surface area contributed by atoms with E-state index in [2.05, 4.69) is 17.3 Å². The summed E-state index contributed by atoms with van der Waals surface area (Å²) in [7, 11) is 0. The van der Waals surface area contributed by atoms with Gasteiger partial charge in [-0.15, -0.1) is 0 Å². The van der Waals surface area contributed by atoms with Crippen LogP contribution in [0, 0.1) is 5.92 Å². The van der Waals surface area contributed by atoms with Crippen molar-refractivity contribution in [3.05, 3.63) is 77.7 Å². The molecule has 152 valence electrons. The molecule has 1 unspecified atom stereocenters. The summed E-state index contributed by atoms with van der Waals surface area (Å²) in [5.74, 6) is 1.02. The second kappa shape index (κ2) is 7.90. The zero-order valence-corrected chi connectivity index (χ0v) is 16.8. The molecule has 5 rings (SSSR count). The smallest absolute Gasteiger partial charge is 0.276 e. The summed E-state index contributed by atoms with van der Waals surface area (Å²) in [6.45, 7) is 1.09. The van der Waals surface area contributed by atoms with Crippen molar-refractivity contribution in [1.29, 1.82) is 0 Å². The minimum absolute atomic E-state index is 0.103. The number of Topliss-reactive ketones (excluding diaryl/α,β-unsaturated/α-hetero) is 1. The van der Waals surface area contributed by atoms with E-state index < -0.39 is 0 Å². The zero-order chi connectivity index (χ0) is 20.5. The van der Waals surface area contributed by atoms with Crippen LogP contribution in [-0.2, 0) is 0 Å². The Labute approximate surface area is 175 Å². The summed E-state index contributed by atoms with van der Waals surface area (Å²) in [6.07, 6.45) is 3.82. The maximum Gasteiger partial charge on any atom is 0.276 e. The largest absolute Gasteiger partial charge is 0.360 e. The first-order valence-electron chi connectivity index (χ1n) is 10.6. The predicted octanol–water partition coefficient (Wildman–Crippen LogP) is 4.95. The van der Waals surface area contributed by atoms with E-state index in [9.17, 15) is 9.59 Å². The molecule has 0 spiro atoms. The molecule has 1 aliphatic heterocycles. The van der Waals surface area contributed by atoms with Gasteiger partial charge in [0.1, 0.15) is 5.76 Å². The molecular weight excluding hydrogens is 376 g/mol. The Kier molecular flexibility index (Phi) is 4.95. The van der Waals surface area contributed by atoms with Gasteiger partial charge in [-0.25, -0.2) is 0 Å². The molecule has 1 atom stereocenters. The van der Waals surface area contributed by atoms with Crippen LogP contribution in [0.2, 0.25) is 0 Å². The van der Waals surface area contributed by atoms with Gasteiger partial charge in [0.25, 0.3) is 5.91 Å². The molecule has 3 aromatic rings. The first kappa shape index (κ1) is 18.8. The van der Waals surface area contributed by atoms with Crippen LogP contribution in [0.3, 0.4) is 0 Å². The van der Waals surface area contributed by atoms with Crippen LogP contribution in [0.15, 0.2) is 65.2 Å². The Hall–Kier alpha value is -3.21. The van der Waals surface area contributed by atoms with Gasteiger partial charge in [-0.05, 0) is 36.8 Å². The molecule has 30 heavy (non-hydrogen) atoms. The molecule has 1 saturated carbocycles. The van der Waals surface area contributed by atoms with Crippen LogP contribution < -0.4 is 0 Å². The first-order chi connectivity index (χ1) is 14.7. The fraction of sp³-hybridized carbons (Fsp3) is 0.320. The molecule has 1 saturated heterocycles. The van der Waals surface area contributed by atoms with Gasteiger partial charge in [0.15, 0.2) is 11.5 Å². The highest BCUT2D eigenvalue weighted by molar-refractivity contribution is 5.99. The fourth-order valence-corrected chi connectivity index (χ4v) is 4.18. The zero-order valence-electron chi connectivity index (χ0n) is 16.8. The van der Waals surface area contributed by atoms with Gasteiger partial charge in [0.05, 0.1) is 0 Å². The number of hydrogen-bond donors (Lipinski definition) is 0. The van der Waals surface area contributed by atoms with E-state index in [1.54, 1.807) is 11.0 Å². The fourth-order valence-electron chi connectivity index (χ4n) is 4.18. The first-order valence-corrected chi connectivity index (χ1v) is 10.6. The van der Waals surface area contributed by atoms with Gasteiger partial charge < -0.3 is 9.42 Å². The van der Waals surface area contributed by atoms with Gasteiger partial charge in [-0.2, -0.15) is 0 Å². The van der Waals surface area contributed by atoms with Crippen molar-refractivity contribution in [2.24, 2.45) is 5.92 Å². The topological polar surface area (TPSA) is 63.4 Å². The normalized spacial score (nSPS) is 18.9. The summed E-state index contributed by atoms with van der Waals surface area (Å²) in [4.78, 5) is 27.7. The standard InChI is InChI=1S/C25H24N2O3/c28-24(20-12-8-18(9-13-20)17-5-2-1-3-6-17)21-7-4-14-27(16-21)25(29)22-15-23(30-26-22)19-10-11-19/h1-3,5-6,8-9,12-13,15,19,21H,4,7,10-11,14,16H2. The van der Waals surface area contributed by atoms with E-state index in [1.807, 2.05) is 42.5 Å². The predicted molar refractivity (Wildman–Crippen MR) is 113 cm³/mol. The van der Waals surface area contributed by atoms with E-state index in [0.717, 1.165) is 42.6 Å². The summed E-state index contributed by atoms with van der Waals surface area (Å²) in [5, 5.41) is 3.97. The van der Waals surface area contributed by atoms with E-state index in [-0.39, 0.29) is 17.6 Å². The van der Waals surface area contributed by atoms with Crippen LogP contribution in [0.1, 0.15) is 58.2 Å². The number of aromatic nitrogens is 1. The molecule has 0 radical (unpaired) electrons. The monoisotopic (exact) mass is 400 g/mol. The number of carbonyl (C=O) groups excluding carboxylic acids is 2. The van der Waals surface area contributed by atoms with Crippen molar-refractivity contribution in [1.82, 2.24) is 10.1 Å². The summed E-state index contributed by atoms with van der Waals surface area (Å²) < 4.78 is 5.33. The SMILES string of the molecule is O=C(c1ccc(-c2ccccc2)cc1)C1CCCN(C(=O)c2cc(C3CC3)on2)C1. The minimum Gasteiger partial charge on any atom is -0.360 e. The minimum atomic E-state index is -0.180. The van der Waals surface area contributed by atoms with Gasteiger partial charge in [-0.3, -0.25) is 9.59 Å².